The second-order valence-corrected chi connectivity index (χ2v) is 22.8. The van der Waals surface area contributed by atoms with Gasteiger partial charge < -0.3 is 9.68 Å². The van der Waals surface area contributed by atoms with Gasteiger partial charge in [0.05, 0.1) is 0 Å². The third-order valence-corrected chi connectivity index (χ3v) is 13.9. The largest absolute Gasteiger partial charge is 0.569 e. The van der Waals surface area contributed by atoms with Crippen molar-refractivity contribution in [2.45, 2.75) is 105 Å². The summed E-state index contributed by atoms with van der Waals surface area (Å²) in [7, 11) is 0.729. The predicted molar refractivity (Wildman–Crippen MR) is 261 cm³/mol. The molecule has 0 atom stereocenters. The summed E-state index contributed by atoms with van der Waals surface area (Å²) in [5.41, 5.74) is 11.0. The molecule has 1 radical (unpaired) electrons. The minimum atomic E-state index is 0.0855. The first kappa shape index (κ1) is 42.2. The Hall–Kier alpha value is -3.94. The number of thiophene rings is 2. The molecule has 2 heterocycles. The third-order valence-electron chi connectivity index (χ3n) is 11.1. The lowest BCUT2D eigenvalue weighted by Gasteiger charge is -2.26. The fourth-order valence-electron chi connectivity index (χ4n) is 7.32. The van der Waals surface area contributed by atoms with Crippen LogP contribution < -0.4 is 4.65 Å². The van der Waals surface area contributed by atoms with E-state index in [4.69, 9.17) is 9.68 Å². The van der Waals surface area contributed by atoms with Crippen LogP contribution in [0.25, 0.3) is 62.6 Å². The van der Waals surface area contributed by atoms with Crippen molar-refractivity contribution in [1.82, 2.24) is 0 Å². The minimum absolute atomic E-state index is 0.0855. The Bertz CT molecular complexity index is 2730. The Labute approximate surface area is 362 Å². The molecule has 2 aromatic heterocycles. The van der Waals surface area contributed by atoms with Gasteiger partial charge in [0, 0.05) is 44.8 Å². The molecule has 58 heavy (non-hydrogen) atoms. The van der Waals surface area contributed by atoms with Crippen molar-refractivity contribution in [1.29, 1.82) is 0 Å². The zero-order chi connectivity index (χ0) is 41.9. The zero-order valence-electron chi connectivity index (χ0n) is 36.0. The van der Waals surface area contributed by atoms with Crippen LogP contribution in [0, 0.1) is 0 Å². The summed E-state index contributed by atoms with van der Waals surface area (Å²) in [6.07, 6.45) is 0. The number of halogens is 1. The Morgan fingerprint density at radius 3 is 1.14 bits per heavy atom. The van der Waals surface area contributed by atoms with Crippen molar-refractivity contribution in [3.63, 3.8) is 0 Å². The molecule has 0 bridgehead atoms. The summed E-state index contributed by atoms with van der Waals surface area (Å²) in [5, 5.41) is 14.0. The van der Waals surface area contributed by atoms with Crippen LogP contribution in [-0.4, -0.2) is 12.7 Å². The molecule has 0 saturated carbocycles. The molecule has 0 saturated heterocycles. The molecule has 0 aliphatic heterocycles. The van der Waals surface area contributed by atoms with Gasteiger partial charge in [0.2, 0.25) is 0 Å². The normalized spacial score (nSPS) is 12.7. The van der Waals surface area contributed by atoms with E-state index in [-0.39, 0.29) is 21.7 Å². The molecule has 0 amide bonds. The van der Waals surface area contributed by atoms with E-state index in [2.05, 4.69) is 196 Å². The Kier molecular flexibility index (Phi) is 11.3. The first-order valence-corrected chi connectivity index (χ1v) is 22.5. The number of hydrogen-bond donors (Lipinski definition) is 1. The van der Waals surface area contributed by atoms with Crippen LogP contribution in [0.1, 0.15) is 105 Å². The van der Waals surface area contributed by atoms with E-state index in [0.717, 1.165) is 17.5 Å². The summed E-state index contributed by atoms with van der Waals surface area (Å²) in [4.78, 5) is 0. The summed E-state index contributed by atoms with van der Waals surface area (Å²) >= 11 is 7.28. The molecule has 0 spiro atoms. The molecule has 1 N–H and O–H groups in total. The highest BCUT2D eigenvalue weighted by Crippen LogP contribution is 2.42. The number of rotatable bonds is 4. The topological polar surface area (TPSA) is 29.5 Å². The maximum absolute atomic E-state index is 8.99. The van der Waals surface area contributed by atoms with Crippen LogP contribution in [-0.2, 0) is 21.7 Å². The molecule has 0 fully saturated rings. The summed E-state index contributed by atoms with van der Waals surface area (Å²) in [5.74, 6) is 0.639. The second kappa shape index (κ2) is 15.6. The van der Waals surface area contributed by atoms with Crippen LogP contribution in [0.3, 0.4) is 0 Å². The van der Waals surface area contributed by atoms with E-state index < -0.39 is 0 Å². The summed E-state index contributed by atoms with van der Waals surface area (Å²) in [6, 6.07) is 40.3. The lowest BCUT2D eigenvalue weighted by atomic mass is 9.79. The maximum Gasteiger partial charge on any atom is 0.569 e. The van der Waals surface area contributed by atoms with E-state index in [0.29, 0.717) is 5.75 Å². The van der Waals surface area contributed by atoms with Crippen molar-refractivity contribution in [3.8, 4) is 28.0 Å². The van der Waals surface area contributed by atoms with Crippen molar-refractivity contribution in [2.75, 3.05) is 0 Å². The Balaban J connectivity index is 0.000000177. The third kappa shape index (κ3) is 8.96. The lowest BCUT2D eigenvalue weighted by molar-refractivity contribution is 0.454. The van der Waals surface area contributed by atoms with Gasteiger partial charge in [-0.1, -0.05) is 148 Å². The average Bonchev–Trinajstić information content (AvgIpc) is 3.70. The lowest BCUT2D eigenvalue weighted by Crippen LogP contribution is -2.16. The van der Waals surface area contributed by atoms with E-state index in [9.17, 15) is 0 Å². The quantitative estimate of drug-likeness (QED) is 0.179. The highest BCUT2D eigenvalue weighted by molar-refractivity contribution is 9.10. The average molecular weight is 867 g/mol. The van der Waals surface area contributed by atoms with Gasteiger partial charge in [-0.25, -0.2) is 0 Å². The SMILES string of the molecule is CC(C)(C)c1cc(-c2ccc3sc4ccc(Br)cc4c3c2)cc(C(C)(C)C)c1.CC(C)(C)c1cc(-c2ccc3sc4ccc(O[B]O)cc4c3c2)cc(C(C)(C)C)c1. The minimum Gasteiger partial charge on any atom is -0.537 e. The number of hydrogen-bond acceptors (Lipinski definition) is 4. The van der Waals surface area contributed by atoms with Crippen molar-refractivity contribution in [2.24, 2.45) is 0 Å². The van der Waals surface area contributed by atoms with Gasteiger partial charge in [-0.15, -0.1) is 22.7 Å². The smallest absolute Gasteiger partial charge is 0.537 e. The molecule has 8 rings (SSSR count). The van der Waals surface area contributed by atoms with E-state index in [1.54, 1.807) is 11.3 Å². The molecule has 6 heteroatoms. The Morgan fingerprint density at radius 2 is 0.759 bits per heavy atom. The van der Waals surface area contributed by atoms with Crippen LogP contribution >= 0.6 is 38.6 Å². The highest BCUT2D eigenvalue weighted by Gasteiger charge is 2.23. The van der Waals surface area contributed by atoms with Crippen LogP contribution in [0.5, 0.6) is 5.75 Å². The first-order valence-electron chi connectivity index (χ1n) is 20.1. The molecule has 2 nitrogen and oxygen atoms in total. The maximum atomic E-state index is 8.99. The van der Waals surface area contributed by atoms with E-state index in [1.807, 2.05) is 23.5 Å². The summed E-state index contributed by atoms with van der Waals surface area (Å²) < 4.78 is 11.5. The fourth-order valence-corrected chi connectivity index (χ4v) is 9.81. The molecule has 297 valence electrons. The monoisotopic (exact) mass is 865 g/mol. The highest BCUT2D eigenvalue weighted by atomic mass is 79.9. The molecular weight excluding hydrogens is 811 g/mol. The van der Waals surface area contributed by atoms with E-state index >= 15 is 0 Å². The Morgan fingerprint density at radius 1 is 0.414 bits per heavy atom. The standard InChI is InChI=1S/C26H28BO2S.C26H27BrS/c1-25(2,3)18-11-17(12-19(14-18)26(4,5)6)16-7-9-23-21(13-16)22-15-20(29-27-28)8-10-24(22)30-23;1-25(2,3)18-11-17(12-19(14-18)26(4,5)6)16-7-9-23-21(13-16)22-15-20(27)8-10-24(22)28-23/h7-15,28H,1-6H3;7-15H,1-6H3. The van der Waals surface area contributed by atoms with Gasteiger partial charge in [0.15, 0.2) is 0 Å². The van der Waals surface area contributed by atoms with Crippen LogP contribution in [0.4, 0.5) is 0 Å². The molecular formula is C52H55BBrO2S2. The van der Waals surface area contributed by atoms with Gasteiger partial charge in [0.1, 0.15) is 5.75 Å². The predicted octanol–water partition coefficient (Wildman–Crippen LogP) is 16.3. The van der Waals surface area contributed by atoms with Gasteiger partial charge >= 0.3 is 7.69 Å². The summed E-state index contributed by atoms with van der Waals surface area (Å²) in [6.45, 7) is 27.4. The van der Waals surface area contributed by atoms with Crippen LogP contribution in [0.2, 0.25) is 0 Å². The van der Waals surface area contributed by atoms with Crippen LogP contribution in [0.15, 0.2) is 114 Å². The molecule has 0 aliphatic rings. The molecule has 0 aliphatic carbocycles. The zero-order valence-corrected chi connectivity index (χ0v) is 39.2. The molecule has 8 aromatic rings. The second-order valence-electron chi connectivity index (χ2n) is 19.7. The van der Waals surface area contributed by atoms with Gasteiger partial charge in [-0.2, -0.15) is 0 Å². The molecule has 6 aromatic carbocycles. The van der Waals surface area contributed by atoms with Crippen molar-refractivity contribution in [3.05, 3.63) is 136 Å². The van der Waals surface area contributed by atoms with Crippen molar-refractivity contribution < 1.29 is 9.68 Å². The molecule has 0 unspecified atom stereocenters. The van der Waals surface area contributed by atoms with Crippen molar-refractivity contribution >= 4 is 86.6 Å². The number of fused-ring (bicyclic) bond motifs is 6. The fraction of sp³-hybridized carbons (Fsp3) is 0.308. The first-order chi connectivity index (χ1) is 27.1. The van der Waals surface area contributed by atoms with Gasteiger partial charge in [-0.05, 0) is 127 Å². The number of benzene rings is 6. The van der Waals surface area contributed by atoms with Gasteiger partial charge in [0.25, 0.3) is 0 Å². The van der Waals surface area contributed by atoms with Gasteiger partial charge in [-0.3, -0.25) is 0 Å². The van der Waals surface area contributed by atoms with E-state index in [1.165, 1.54) is 79.5 Å².